The molecule has 1 saturated heterocycles. The third kappa shape index (κ3) is 26.9. The number of carbonyl (C=O) groups is 3. The molecule has 2 rings (SSSR count). The first-order valence-corrected chi connectivity index (χ1v) is 27.6. The predicted octanol–water partition coefficient (Wildman–Crippen LogP) is 6.68. The Balaban J connectivity index is 2.11. The molecule has 13 atom stereocenters. The first-order chi connectivity index (χ1) is 33.5. The molecule has 404 valence electrons. The second kappa shape index (κ2) is 37.1. The molecule has 1 saturated carbocycles. The molecule has 2 aliphatic rings. The summed E-state index contributed by atoms with van der Waals surface area (Å²) >= 11 is 0. The average molecular weight is 1020 g/mol. The smallest absolute Gasteiger partial charge is 0.462 e. The van der Waals surface area contributed by atoms with Crippen molar-refractivity contribution in [3.8, 4) is 0 Å². The van der Waals surface area contributed by atoms with Gasteiger partial charge in [0, 0.05) is 43.9 Å². The lowest BCUT2D eigenvalue weighted by Crippen LogP contribution is -2.56. The number of allylic oxidation sites excluding steroid dienone is 6. The minimum Gasteiger partial charge on any atom is -0.462 e. The molecule has 1 aliphatic heterocycles. The van der Waals surface area contributed by atoms with E-state index in [0.29, 0.717) is 19.3 Å². The van der Waals surface area contributed by atoms with Crippen LogP contribution in [0, 0.1) is 11.8 Å². The molecule has 2 fully saturated rings. The zero-order chi connectivity index (χ0) is 51.7. The number of cyclic esters (lactones) is 1. The van der Waals surface area contributed by atoms with Gasteiger partial charge in [0.25, 0.3) is 0 Å². The Morgan fingerprint density at radius 2 is 1.27 bits per heavy atom. The van der Waals surface area contributed by atoms with Crippen LogP contribution in [0.15, 0.2) is 48.6 Å². The highest BCUT2D eigenvalue weighted by atomic mass is 31.2. The molecule has 1 heterocycles. The molecule has 0 spiro atoms. The van der Waals surface area contributed by atoms with E-state index in [4.69, 9.17) is 18.5 Å². The Hall–Kier alpha value is -2.64. The van der Waals surface area contributed by atoms with Crippen molar-refractivity contribution in [2.24, 2.45) is 11.8 Å². The molecule has 1 unspecified atom stereocenters. The Bertz CT molecular complexity index is 1600. The van der Waals surface area contributed by atoms with Gasteiger partial charge in [-0.15, -0.1) is 0 Å². The first-order valence-electron chi connectivity index (χ1n) is 26.1. The molecule has 0 amide bonds. The number of rotatable bonds is 25. The molecular weight excluding hydrogens is 928 g/mol. The number of ketones is 1. The Kier molecular flexibility index (Phi) is 33.7. The lowest BCUT2D eigenvalue weighted by Gasteiger charge is -2.37. The number of esters is 2. The van der Waals surface area contributed by atoms with E-state index in [9.17, 15) is 64.7 Å². The quantitative estimate of drug-likeness (QED) is 0.0200. The number of hydrogen-bond donors (Lipinski definition) is 9. The lowest BCUT2D eigenvalue weighted by atomic mass is 9.82. The molecule has 0 aromatic carbocycles. The molecular formula is C52H89O17P. The van der Waals surface area contributed by atoms with Gasteiger partial charge in [-0.2, -0.15) is 0 Å². The minimum absolute atomic E-state index is 0.0117. The van der Waals surface area contributed by atoms with Crippen LogP contribution in [0.5, 0.6) is 0 Å². The van der Waals surface area contributed by atoms with Gasteiger partial charge in [-0.1, -0.05) is 127 Å². The summed E-state index contributed by atoms with van der Waals surface area (Å²) in [6, 6.07) is 0. The molecule has 0 aromatic rings. The molecule has 0 aromatic heterocycles. The number of Topliss-reactive ketones (excluding diaryl/α,β-unsaturated/α-hetero) is 1. The van der Waals surface area contributed by atoms with Crippen molar-refractivity contribution in [1.29, 1.82) is 0 Å². The van der Waals surface area contributed by atoms with Crippen LogP contribution >= 0.6 is 7.82 Å². The van der Waals surface area contributed by atoms with Crippen LogP contribution in [0.4, 0.5) is 0 Å². The van der Waals surface area contributed by atoms with Gasteiger partial charge in [0.05, 0.1) is 37.1 Å². The fraction of sp³-hybridized carbons (Fsp3) is 0.788. The molecule has 18 heteroatoms. The summed E-state index contributed by atoms with van der Waals surface area (Å²) in [4.78, 5) is 49.8. The fourth-order valence-corrected chi connectivity index (χ4v) is 9.50. The van der Waals surface area contributed by atoms with Crippen LogP contribution in [0.2, 0.25) is 0 Å². The summed E-state index contributed by atoms with van der Waals surface area (Å²) in [5, 5.41) is 90.2. The predicted molar refractivity (Wildman–Crippen MR) is 265 cm³/mol. The monoisotopic (exact) mass is 1020 g/mol. The van der Waals surface area contributed by atoms with E-state index >= 15 is 0 Å². The number of unbranched alkanes of at least 4 members (excludes halogenated alkanes) is 12. The van der Waals surface area contributed by atoms with Gasteiger partial charge in [-0.3, -0.25) is 23.4 Å². The second-order valence-corrected chi connectivity index (χ2v) is 20.4. The fourth-order valence-electron chi connectivity index (χ4n) is 8.53. The van der Waals surface area contributed by atoms with E-state index < -0.39 is 124 Å². The van der Waals surface area contributed by atoms with Gasteiger partial charge in [0.15, 0.2) is 6.10 Å². The third-order valence-electron chi connectivity index (χ3n) is 12.9. The zero-order valence-corrected chi connectivity index (χ0v) is 42.8. The number of aliphatic hydroxyl groups is 8. The number of phosphoric ester groups is 1. The normalized spacial score (nSPS) is 31.2. The Morgan fingerprint density at radius 3 is 1.93 bits per heavy atom. The molecule has 17 nitrogen and oxygen atoms in total. The van der Waals surface area contributed by atoms with Gasteiger partial charge in [0.1, 0.15) is 36.8 Å². The summed E-state index contributed by atoms with van der Waals surface area (Å²) in [5.74, 6) is -5.05. The summed E-state index contributed by atoms with van der Waals surface area (Å²) < 4.78 is 34.7. The number of phosphoric acid groups is 1. The maximum absolute atomic E-state index is 13.6. The van der Waals surface area contributed by atoms with Gasteiger partial charge >= 0.3 is 19.8 Å². The van der Waals surface area contributed by atoms with Gasteiger partial charge in [0.2, 0.25) is 0 Å². The number of carbonyl (C=O) groups excluding carboxylic acids is 3. The van der Waals surface area contributed by atoms with Crippen molar-refractivity contribution >= 4 is 25.5 Å². The molecule has 9 N–H and O–H groups in total. The number of ether oxygens (including phenoxy) is 2. The largest absolute Gasteiger partial charge is 0.472 e. The SMILES string of the molecule is CCCCCC/C=C\C/C=C\C/C=C\CCCCCCCCC(=O)O[C@@H]1COC(=O)CCCCC(=O)C[C@@H]2[C@@H](O)[C@H](O)[C@@H](O)[C@H](OP(=O)(O)OC1)[C@H](O)[C@H](O)[C@@H](/C=C/[C@@H](O)CCCCC)[C@H](O)C[C@@H]2O. The van der Waals surface area contributed by atoms with Crippen LogP contribution in [0.1, 0.15) is 174 Å². The van der Waals surface area contributed by atoms with Gasteiger partial charge in [-0.05, 0) is 64.2 Å². The van der Waals surface area contributed by atoms with Gasteiger partial charge < -0.3 is 55.2 Å². The third-order valence-corrected chi connectivity index (χ3v) is 13.8. The molecule has 70 heavy (non-hydrogen) atoms. The van der Waals surface area contributed by atoms with Crippen molar-refractivity contribution in [3.05, 3.63) is 48.6 Å². The number of aliphatic hydroxyl groups excluding tert-OH is 8. The van der Waals surface area contributed by atoms with Crippen molar-refractivity contribution in [3.63, 3.8) is 0 Å². The van der Waals surface area contributed by atoms with Crippen LogP contribution < -0.4 is 0 Å². The topological polar surface area (TPSA) is 287 Å². The van der Waals surface area contributed by atoms with E-state index in [1.54, 1.807) is 0 Å². The van der Waals surface area contributed by atoms with Crippen molar-refractivity contribution < 1.29 is 83.2 Å². The standard InChI is InChI=1S/C52H89O17P/c1-3-5-7-8-9-10-11-12-13-14-15-16-17-18-19-20-21-22-23-25-31-46(58)68-40-36-66-45(57)30-27-26-29-39(54)34-42-44(56)35-43(55)41(33-32-38(53)28-24-6-4-2)47(59)50(62)52(51(63)49(61)48(42)60)69-70(64,65)67-37-40/h10-11,13-14,16-17,32-33,38,40-44,47-53,55-56,59-63H,3-9,12,15,18-31,34-37H2,1-2H3,(H,64,65)/b11-10-,14-13-,17-16-,33-32+/t38-,40+,41-,42-,43+,44-,47+,48+,49-,50+,51+,52+/m0/s1. The van der Waals surface area contributed by atoms with E-state index in [1.165, 1.54) is 37.8 Å². The summed E-state index contributed by atoms with van der Waals surface area (Å²) in [7, 11) is -5.50. The number of fused-ring (bicyclic) bond motifs is 4. The van der Waals surface area contributed by atoms with Crippen LogP contribution in [0.3, 0.4) is 0 Å². The zero-order valence-electron chi connectivity index (χ0n) is 41.9. The highest BCUT2D eigenvalue weighted by Gasteiger charge is 2.49. The number of hydrogen-bond acceptors (Lipinski definition) is 16. The summed E-state index contributed by atoms with van der Waals surface area (Å²) in [6.07, 6.45) is 11.4. The maximum Gasteiger partial charge on any atom is 0.472 e. The van der Waals surface area contributed by atoms with Crippen LogP contribution in [-0.2, 0) is 37.5 Å². The highest BCUT2D eigenvalue weighted by molar-refractivity contribution is 7.47. The van der Waals surface area contributed by atoms with Crippen molar-refractivity contribution in [2.45, 2.75) is 235 Å². The van der Waals surface area contributed by atoms with Crippen LogP contribution in [0.25, 0.3) is 0 Å². The van der Waals surface area contributed by atoms with Gasteiger partial charge in [-0.25, -0.2) is 4.57 Å². The van der Waals surface area contributed by atoms with E-state index in [-0.39, 0.29) is 32.1 Å². The lowest BCUT2D eigenvalue weighted by molar-refractivity contribution is -0.168. The Labute approximate surface area is 416 Å². The van der Waals surface area contributed by atoms with E-state index in [0.717, 1.165) is 70.6 Å². The van der Waals surface area contributed by atoms with E-state index in [1.807, 2.05) is 6.92 Å². The molecule has 0 radical (unpaired) electrons. The molecule has 1 aliphatic carbocycles. The van der Waals surface area contributed by atoms with E-state index in [2.05, 4.69) is 43.4 Å². The van der Waals surface area contributed by atoms with Crippen molar-refractivity contribution in [2.75, 3.05) is 13.2 Å². The first kappa shape index (κ1) is 63.5. The maximum atomic E-state index is 13.6. The Morgan fingerprint density at radius 1 is 0.700 bits per heavy atom. The van der Waals surface area contributed by atoms with Crippen molar-refractivity contribution in [1.82, 2.24) is 0 Å². The second-order valence-electron chi connectivity index (χ2n) is 19.0. The summed E-state index contributed by atoms with van der Waals surface area (Å²) in [6.45, 7) is 2.70. The highest BCUT2D eigenvalue weighted by Crippen LogP contribution is 2.47. The summed E-state index contributed by atoms with van der Waals surface area (Å²) in [5.41, 5.74) is 0. The average Bonchev–Trinajstić information content (AvgIpc) is 3.32. The van der Waals surface area contributed by atoms with Crippen LogP contribution in [-0.4, -0.2) is 138 Å². The molecule has 2 bridgehead atoms. The minimum atomic E-state index is -5.50.